The molecule has 118 valence electrons. The predicted octanol–water partition coefficient (Wildman–Crippen LogP) is 1.63. The van der Waals surface area contributed by atoms with Gasteiger partial charge in [-0.1, -0.05) is 5.16 Å². The molecule has 1 fully saturated rings. The number of rotatable bonds is 6. The standard InChI is InChI=1S/C15H26N4O2/c1-11(2)19(9-13-5-4-6-16-8-13)10-15(20)17-14-7-12(3)21-18-14/h7,11,13,16H,4-6,8-10H2,1-3H3,(H,17,18,20). The topological polar surface area (TPSA) is 70.4 Å². The molecular weight excluding hydrogens is 268 g/mol. The van der Waals surface area contributed by atoms with Crippen LogP contribution in [-0.4, -0.2) is 48.2 Å². The van der Waals surface area contributed by atoms with E-state index in [0.717, 1.165) is 19.6 Å². The van der Waals surface area contributed by atoms with E-state index in [1.54, 1.807) is 13.0 Å². The fourth-order valence-electron chi connectivity index (χ4n) is 2.66. The molecule has 1 unspecified atom stereocenters. The average molecular weight is 294 g/mol. The molecule has 1 saturated heterocycles. The highest BCUT2D eigenvalue weighted by molar-refractivity contribution is 5.91. The van der Waals surface area contributed by atoms with Gasteiger partial charge in [0.05, 0.1) is 6.54 Å². The van der Waals surface area contributed by atoms with Crippen LogP contribution in [-0.2, 0) is 4.79 Å². The van der Waals surface area contributed by atoms with Gasteiger partial charge in [0.2, 0.25) is 5.91 Å². The minimum Gasteiger partial charge on any atom is -0.360 e. The Morgan fingerprint density at radius 3 is 3.00 bits per heavy atom. The monoisotopic (exact) mass is 294 g/mol. The van der Waals surface area contributed by atoms with Gasteiger partial charge in [-0.05, 0) is 52.6 Å². The zero-order chi connectivity index (χ0) is 15.2. The lowest BCUT2D eigenvalue weighted by atomic mass is 9.98. The molecule has 1 amide bonds. The number of carbonyl (C=O) groups is 1. The van der Waals surface area contributed by atoms with Crippen LogP contribution >= 0.6 is 0 Å². The van der Waals surface area contributed by atoms with Gasteiger partial charge in [-0.3, -0.25) is 9.69 Å². The maximum Gasteiger partial charge on any atom is 0.239 e. The van der Waals surface area contributed by atoms with Gasteiger partial charge in [-0.15, -0.1) is 0 Å². The third-order valence-electron chi connectivity index (χ3n) is 3.86. The van der Waals surface area contributed by atoms with E-state index in [9.17, 15) is 4.79 Å². The van der Waals surface area contributed by atoms with Crippen molar-refractivity contribution < 1.29 is 9.32 Å². The number of piperidine rings is 1. The number of nitrogens with zero attached hydrogens (tertiary/aromatic N) is 2. The molecule has 1 aromatic heterocycles. The number of hydrogen-bond acceptors (Lipinski definition) is 5. The van der Waals surface area contributed by atoms with E-state index in [1.165, 1.54) is 12.8 Å². The Balaban J connectivity index is 1.84. The number of anilines is 1. The SMILES string of the molecule is Cc1cc(NC(=O)CN(CC2CCCNC2)C(C)C)no1. The van der Waals surface area contributed by atoms with Gasteiger partial charge in [-0.2, -0.15) is 0 Å². The maximum absolute atomic E-state index is 12.1. The molecule has 0 aliphatic carbocycles. The normalized spacial score (nSPS) is 19.2. The summed E-state index contributed by atoms with van der Waals surface area (Å²) in [6.45, 7) is 9.57. The third kappa shape index (κ3) is 5.13. The summed E-state index contributed by atoms with van der Waals surface area (Å²) < 4.78 is 4.95. The van der Waals surface area contributed by atoms with Gasteiger partial charge in [0.25, 0.3) is 0 Å². The summed E-state index contributed by atoms with van der Waals surface area (Å²) in [7, 11) is 0. The van der Waals surface area contributed by atoms with Crippen molar-refractivity contribution in [3.05, 3.63) is 11.8 Å². The Morgan fingerprint density at radius 1 is 1.62 bits per heavy atom. The van der Waals surface area contributed by atoms with Gasteiger partial charge in [0, 0.05) is 18.7 Å². The molecular formula is C15H26N4O2. The molecule has 2 rings (SSSR count). The van der Waals surface area contributed by atoms with Crippen molar-refractivity contribution in [1.29, 1.82) is 0 Å². The molecule has 0 aromatic carbocycles. The summed E-state index contributed by atoms with van der Waals surface area (Å²) in [6, 6.07) is 2.07. The third-order valence-corrected chi connectivity index (χ3v) is 3.86. The van der Waals surface area contributed by atoms with E-state index >= 15 is 0 Å². The molecule has 1 aliphatic rings. The summed E-state index contributed by atoms with van der Waals surface area (Å²) in [5, 5.41) is 10.00. The van der Waals surface area contributed by atoms with Crippen molar-refractivity contribution in [2.24, 2.45) is 5.92 Å². The number of carbonyl (C=O) groups excluding carboxylic acids is 1. The Hall–Kier alpha value is -1.40. The van der Waals surface area contributed by atoms with Crippen LogP contribution in [0.1, 0.15) is 32.4 Å². The zero-order valence-corrected chi connectivity index (χ0v) is 13.2. The second kappa shape index (κ2) is 7.56. The second-order valence-electron chi connectivity index (χ2n) is 6.11. The van der Waals surface area contributed by atoms with Crippen LogP contribution in [0.5, 0.6) is 0 Å². The largest absolute Gasteiger partial charge is 0.360 e. The van der Waals surface area contributed by atoms with E-state index in [2.05, 4.69) is 34.5 Å². The van der Waals surface area contributed by atoms with Gasteiger partial charge in [0.1, 0.15) is 5.76 Å². The van der Waals surface area contributed by atoms with E-state index in [-0.39, 0.29) is 5.91 Å². The van der Waals surface area contributed by atoms with Crippen molar-refractivity contribution in [2.75, 3.05) is 31.5 Å². The molecule has 0 spiro atoms. The second-order valence-corrected chi connectivity index (χ2v) is 6.11. The van der Waals surface area contributed by atoms with Crippen molar-refractivity contribution in [3.8, 4) is 0 Å². The van der Waals surface area contributed by atoms with Crippen LogP contribution in [0, 0.1) is 12.8 Å². The van der Waals surface area contributed by atoms with Gasteiger partial charge >= 0.3 is 0 Å². The highest BCUT2D eigenvalue weighted by atomic mass is 16.5. The van der Waals surface area contributed by atoms with Crippen molar-refractivity contribution in [3.63, 3.8) is 0 Å². The van der Waals surface area contributed by atoms with Crippen LogP contribution in [0.25, 0.3) is 0 Å². The van der Waals surface area contributed by atoms with E-state index in [0.29, 0.717) is 30.1 Å². The molecule has 0 saturated carbocycles. The molecule has 1 aliphatic heterocycles. The first-order valence-electron chi connectivity index (χ1n) is 7.72. The zero-order valence-electron chi connectivity index (χ0n) is 13.2. The minimum atomic E-state index is -0.0410. The fourth-order valence-corrected chi connectivity index (χ4v) is 2.66. The molecule has 1 aromatic rings. The van der Waals surface area contributed by atoms with Crippen LogP contribution < -0.4 is 10.6 Å². The summed E-state index contributed by atoms with van der Waals surface area (Å²) in [5.41, 5.74) is 0. The summed E-state index contributed by atoms with van der Waals surface area (Å²) >= 11 is 0. The lowest BCUT2D eigenvalue weighted by molar-refractivity contribution is -0.118. The quantitative estimate of drug-likeness (QED) is 0.834. The molecule has 2 N–H and O–H groups in total. The van der Waals surface area contributed by atoms with Crippen LogP contribution in [0.15, 0.2) is 10.6 Å². The lowest BCUT2D eigenvalue weighted by Gasteiger charge is -2.32. The van der Waals surface area contributed by atoms with Gasteiger partial charge in [-0.25, -0.2) is 0 Å². The Morgan fingerprint density at radius 2 is 2.43 bits per heavy atom. The van der Waals surface area contributed by atoms with E-state index in [1.807, 2.05) is 0 Å². The number of aromatic nitrogens is 1. The van der Waals surface area contributed by atoms with Gasteiger partial charge < -0.3 is 15.2 Å². The number of nitrogens with one attached hydrogen (secondary N) is 2. The molecule has 1 atom stereocenters. The number of hydrogen-bond donors (Lipinski definition) is 2. The van der Waals surface area contributed by atoms with E-state index < -0.39 is 0 Å². The highest BCUT2D eigenvalue weighted by Crippen LogP contribution is 2.14. The maximum atomic E-state index is 12.1. The van der Waals surface area contributed by atoms with Crippen molar-refractivity contribution >= 4 is 11.7 Å². The average Bonchev–Trinajstić information content (AvgIpc) is 2.84. The van der Waals surface area contributed by atoms with Crippen LogP contribution in [0.4, 0.5) is 5.82 Å². The molecule has 21 heavy (non-hydrogen) atoms. The molecule has 6 nitrogen and oxygen atoms in total. The molecule has 0 radical (unpaired) electrons. The fraction of sp³-hybridized carbons (Fsp3) is 0.733. The smallest absolute Gasteiger partial charge is 0.239 e. The first-order chi connectivity index (χ1) is 10.0. The van der Waals surface area contributed by atoms with Gasteiger partial charge in [0.15, 0.2) is 5.82 Å². The molecule has 6 heteroatoms. The van der Waals surface area contributed by atoms with E-state index in [4.69, 9.17) is 4.52 Å². The lowest BCUT2D eigenvalue weighted by Crippen LogP contribution is -2.44. The van der Waals surface area contributed by atoms with Crippen LogP contribution in [0.2, 0.25) is 0 Å². The molecule has 2 heterocycles. The summed E-state index contributed by atoms with van der Waals surface area (Å²) in [6.07, 6.45) is 2.46. The first kappa shape index (κ1) is 16.0. The Labute approximate surface area is 126 Å². The summed E-state index contributed by atoms with van der Waals surface area (Å²) in [5.74, 6) is 1.77. The first-order valence-corrected chi connectivity index (χ1v) is 7.72. The Kier molecular flexibility index (Phi) is 5.76. The van der Waals surface area contributed by atoms with Crippen molar-refractivity contribution in [1.82, 2.24) is 15.4 Å². The van der Waals surface area contributed by atoms with Crippen molar-refractivity contribution in [2.45, 2.75) is 39.7 Å². The molecule has 0 bridgehead atoms. The minimum absolute atomic E-state index is 0.0410. The van der Waals surface area contributed by atoms with Crippen LogP contribution in [0.3, 0.4) is 0 Å². The number of amides is 1. The highest BCUT2D eigenvalue weighted by Gasteiger charge is 2.21. The number of aryl methyl sites for hydroxylation is 1. The predicted molar refractivity (Wildman–Crippen MR) is 82.2 cm³/mol. The Bertz CT molecular complexity index is 452. The summed E-state index contributed by atoms with van der Waals surface area (Å²) in [4.78, 5) is 14.4.